The molecule has 1 aromatic rings. The first-order valence-electron chi connectivity index (χ1n) is 5.46. The number of hydrogen-bond donors (Lipinski definition) is 2. The molecule has 0 fully saturated rings. The zero-order valence-corrected chi connectivity index (χ0v) is 9.97. The normalized spacial score (nSPS) is 11.3. The van der Waals surface area contributed by atoms with Crippen molar-refractivity contribution < 1.29 is 18.0 Å². The van der Waals surface area contributed by atoms with Crippen LogP contribution in [0.3, 0.4) is 0 Å². The van der Waals surface area contributed by atoms with E-state index in [9.17, 15) is 18.0 Å². The molecule has 0 aliphatic rings. The molecule has 0 heterocycles. The first-order chi connectivity index (χ1) is 8.37. The molecule has 0 radical (unpaired) electrons. The third-order valence-electron chi connectivity index (χ3n) is 2.22. The lowest BCUT2D eigenvalue weighted by atomic mass is 10.1. The summed E-state index contributed by atoms with van der Waals surface area (Å²) in [5.41, 5.74) is 2.10. The average Bonchev–Trinajstić information content (AvgIpc) is 2.28. The maximum absolute atomic E-state index is 11.8. The number of alkyl halides is 3. The molecule has 0 unspecified atom stereocenters. The van der Waals surface area contributed by atoms with Crippen LogP contribution in [-0.4, -0.2) is 25.2 Å². The zero-order chi connectivity index (χ0) is 13.6. The van der Waals surface area contributed by atoms with Gasteiger partial charge in [-0.25, -0.2) is 0 Å². The third kappa shape index (κ3) is 6.24. The summed E-state index contributed by atoms with van der Waals surface area (Å²) in [7, 11) is 0. The maximum Gasteiger partial charge on any atom is 0.405 e. The lowest BCUT2D eigenvalue weighted by molar-refractivity contribution is -0.137. The molecule has 0 aromatic heterocycles. The fourth-order valence-electron chi connectivity index (χ4n) is 1.29. The van der Waals surface area contributed by atoms with Gasteiger partial charge in [0.25, 0.3) is 0 Å². The molecule has 1 rings (SSSR count). The quantitative estimate of drug-likeness (QED) is 0.847. The smallest absolute Gasteiger partial charge is 0.346 e. The topological polar surface area (TPSA) is 41.1 Å². The number of carbonyl (C=O) groups is 1. The van der Waals surface area contributed by atoms with E-state index in [0.717, 1.165) is 11.1 Å². The fraction of sp³-hybridized carbons (Fsp3) is 0.417. The largest absolute Gasteiger partial charge is 0.405 e. The van der Waals surface area contributed by atoms with Crippen LogP contribution in [0.1, 0.15) is 11.1 Å². The van der Waals surface area contributed by atoms with Gasteiger partial charge in [0.2, 0.25) is 5.91 Å². The van der Waals surface area contributed by atoms with Gasteiger partial charge in [-0.3, -0.25) is 4.79 Å². The molecule has 0 atom stereocenters. The van der Waals surface area contributed by atoms with E-state index in [4.69, 9.17) is 0 Å². The number of hydrogen-bond acceptors (Lipinski definition) is 2. The Balaban J connectivity index is 2.21. The number of halogens is 3. The highest BCUT2D eigenvalue weighted by atomic mass is 19.4. The minimum Gasteiger partial charge on any atom is -0.346 e. The highest BCUT2D eigenvalue weighted by molar-refractivity contribution is 5.77. The van der Waals surface area contributed by atoms with Crippen LogP contribution >= 0.6 is 0 Å². The van der Waals surface area contributed by atoms with Crippen LogP contribution < -0.4 is 10.6 Å². The summed E-state index contributed by atoms with van der Waals surface area (Å²) in [6.45, 7) is 0.976. The van der Waals surface area contributed by atoms with Crippen molar-refractivity contribution in [2.75, 3.05) is 13.1 Å². The summed E-state index contributed by atoms with van der Waals surface area (Å²) in [4.78, 5) is 11.1. The van der Waals surface area contributed by atoms with Crippen LogP contribution in [0, 0.1) is 6.92 Å². The monoisotopic (exact) mass is 260 g/mol. The first kappa shape index (κ1) is 14.5. The van der Waals surface area contributed by atoms with E-state index < -0.39 is 18.6 Å². The van der Waals surface area contributed by atoms with E-state index in [2.05, 4.69) is 5.32 Å². The number of carbonyl (C=O) groups excluding carboxylic acids is 1. The fourth-order valence-corrected chi connectivity index (χ4v) is 1.29. The Morgan fingerprint density at radius 3 is 2.39 bits per heavy atom. The van der Waals surface area contributed by atoms with Gasteiger partial charge in [0.15, 0.2) is 0 Å². The minimum absolute atomic E-state index is 0.135. The van der Waals surface area contributed by atoms with E-state index in [1.165, 1.54) is 0 Å². The summed E-state index contributed by atoms with van der Waals surface area (Å²) < 4.78 is 35.4. The summed E-state index contributed by atoms with van der Waals surface area (Å²) in [5.74, 6) is -0.667. The summed E-state index contributed by atoms with van der Waals surface area (Å²) in [6, 6.07) is 7.66. The average molecular weight is 260 g/mol. The van der Waals surface area contributed by atoms with Gasteiger partial charge in [0.1, 0.15) is 6.54 Å². The third-order valence-corrected chi connectivity index (χ3v) is 2.22. The van der Waals surface area contributed by atoms with E-state index in [0.29, 0.717) is 6.54 Å². The van der Waals surface area contributed by atoms with Crippen molar-refractivity contribution in [3.8, 4) is 0 Å². The van der Waals surface area contributed by atoms with Crippen LogP contribution in [0.25, 0.3) is 0 Å². The van der Waals surface area contributed by atoms with Gasteiger partial charge >= 0.3 is 6.18 Å². The Labute approximate surface area is 103 Å². The Morgan fingerprint density at radius 2 is 1.83 bits per heavy atom. The highest BCUT2D eigenvalue weighted by Gasteiger charge is 2.27. The molecule has 0 saturated heterocycles. The molecular weight excluding hydrogens is 245 g/mol. The van der Waals surface area contributed by atoms with Crippen molar-refractivity contribution in [2.45, 2.75) is 19.6 Å². The molecule has 3 nitrogen and oxygen atoms in total. The van der Waals surface area contributed by atoms with E-state index in [1.54, 1.807) is 5.32 Å². The Bertz CT molecular complexity index is 387. The van der Waals surface area contributed by atoms with Crippen molar-refractivity contribution in [3.63, 3.8) is 0 Å². The molecule has 1 aromatic carbocycles. The molecule has 100 valence electrons. The number of benzene rings is 1. The van der Waals surface area contributed by atoms with Crippen LogP contribution in [0.4, 0.5) is 13.2 Å². The number of aryl methyl sites for hydroxylation is 1. The zero-order valence-electron chi connectivity index (χ0n) is 9.97. The predicted octanol–water partition coefficient (Wildman–Crippen LogP) is 1.76. The molecule has 0 bridgehead atoms. The molecule has 2 N–H and O–H groups in total. The lowest BCUT2D eigenvalue weighted by Gasteiger charge is -2.09. The van der Waals surface area contributed by atoms with Gasteiger partial charge < -0.3 is 10.6 Å². The molecule has 0 aliphatic carbocycles. The van der Waals surface area contributed by atoms with Gasteiger partial charge in [-0.15, -0.1) is 0 Å². The molecular formula is C12H15F3N2O. The number of amides is 1. The molecule has 18 heavy (non-hydrogen) atoms. The summed E-state index contributed by atoms with van der Waals surface area (Å²) >= 11 is 0. The second-order valence-corrected chi connectivity index (χ2v) is 3.98. The van der Waals surface area contributed by atoms with Crippen molar-refractivity contribution in [1.82, 2.24) is 10.6 Å². The van der Waals surface area contributed by atoms with Crippen molar-refractivity contribution in [2.24, 2.45) is 0 Å². The predicted molar refractivity (Wildman–Crippen MR) is 62.0 cm³/mol. The second kappa shape index (κ2) is 6.39. The van der Waals surface area contributed by atoms with Crippen LogP contribution in [0.15, 0.2) is 24.3 Å². The Kier molecular flexibility index (Phi) is 5.15. The van der Waals surface area contributed by atoms with Crippen LogP contribution in [0.5, 0.6) is 0 Å². The Hall–Kier alpha value is -1.56. The molecule has 0 saturated carbocycles. The maximum atomic E-state index is 11.8. The summed E-state index contributed by atoms with van der Waals surface area (Å²) in [5, 5.41) is 4.57. The number of rotatable bonds is 5. The van der Waals surface area contributed by atoms with E-state index in [1.807, 2.05) is 31.2 Å². The van der Waals surface area contributed by atoms with Crippen molar-refractivity contribution >= 4 is 5.91 Å². The Morgan fingerprint density at radius 1 is 1.22 bits per heavy atom. The molecule has 0 aliphatic heterocycles. The lowest BCUT2D eigenvalue weighted by Crippen LogP contribution is -2.39. The van der Waals surface area contributed by atoms with Crippen LogP contribution in [0.2, 0.25) is 0 Å². The highest BCUT2D eigenvalue weighted by Crippen LogP contribution is 2.11. The SMILES string of the molecule is Cc1ccc(CNCC(=O)NCC(F)(F)F)cc1. The minimum atomic E-state index is -4.37. The first-order valence-corrected chi connectivity index (χ1v) is 5.46. The van der Waals surface area contributed by atoms with Gasteiger partial charge in [0.05, 0.1) is 6.54 Å². The van der Waals surface area contributed by atoms with E-state index >= 15 is 0 Å². The van der Waals surface area contributed by atoms with E-state index in [-0.39, 0.29) is 6.54 Å². The van der Waals surface area contributed by atoms with Gasteiger partial charge in [0, 0.05) is 6.54 Å². The van der Waals surface area contributed by atoms with Crippen molar-refractivity contribution in [3.05, 3.63) is 35.4 Å². The molecule has 0 spiro atoms. The van der Waals surface area contributed by atoms with Crippen molar-refractivity contribution in [1.29, 1.82) is 0 Å². The standard InChI is InChI=1S/C12H15F3N2O/c1-9-2-4-10(5-3-9)6-16-7-11(18)17-8-12(13,14)15/h2-5,16H,6-8H2,1H3,(H,17,18). The molecule has 6 heteroatoms. The van der Waals surface area contributed by atoms with Gasteiger partial charge in [-0.2, -0.15) is 13.2 Å². The summed E-state index contributed by atoms with van der Waals surface area (Å²) in [6.07, 6.45) is -4.37. The van der Waals surface area contributed by atoms with Crippen LogP contribution in [-0.2, 0) is 11.3 Å². The van der Waals surface area contributed by atoms with Gasteiger partial charge in [-0.05, 0) is 12.5 Å². The second-order valence-electron chi connectivity index (χ2n) is 3.98. The van der Waals surface area contributed by atoms with Gasteiger partial charge in [-0.1, -0.05) is 29.8 Å². The number of nitrogens with one attached hydrogen (secondary N) is 2. The molecule has 1 amide bonds.